The summed E-state index contributed by atoms with van der Waals surface area (Å²) in [5.41, 5.74) is -0.244. The first-order valence-corrected chi connectivity index (χ1v) is 10.2. The van der Waals surface area contributed by atoms with Crippen molar-refractivity contribution in [2.24, 2.45) is 17.0 Å². The average Bonchev–Trinajstić information content (AvgIpc) is 3.18. The molecule has 4 aliphatic rings. The average molecular weight is 356 g/mol. The largest absolute Gasteiger partial charge is 0.363 e. The van der Waals surface area contributed by atoms with Gasteiger partial charge in [0.25, 0.3) is 0 Å². The van der Waals surface area contributed by atoms with E-state index in [1.165, 1.54) is 40.9 Å². The van der Waals surface area contributed by atoms with Gasteiger partial charge < -0.3 is 9.74 Å². The molecule has 0 N–H and O–H groups in total. The van der Waals surface area contributed by atoms with Gasteiger partial charge in [-0.25, -0.2) is 0 Å². The lowest BCUT2D eigenvalue weighted by Crippen LogP contribution is -2.67. The summed E-state index contributed by atoms with van der Waals surface area (Å²) in [6.07, 6.45) is 2.45. The molecule has 5 heteroatoms. The van der Waals surface area contributed by atoms with Crippen molar-refractivity contribution in [3.8, 4) is 0 Å². The van der Waals surface area contributed by atoms with Crippen molar-refractivity contribution in [1.29, 1.82) is 0 Å². The highest BCUT2D eigenvalue weighted by molar-refractivity contribution is 7.20. The summed E-state index contributed by atoms with van der Waals surface area (Å²) in [6.45, 7) is 8.98. The van der Waals surface area contributed by atoms with Crippen LogP contribution in [0.3, 0.4) is 0 Å². The Kier molecular flexibility index (Phi) is 3.57. The molecule has 3 saturated heterocycles. The van der Waals surface area contributed by atoms with Gasteiger partial charge in [-0.15, -0.1) is 11.3 Å². The smallest absolute Gasteiger partial charge is 0.227 e. The van der Waals surface area contributed by atoms with Crippen LogP contribution in [0.25, 0.3) is 10.1 Å². The van der Waals surface area contributed by atoms with E-state index < -0.39 is 0 Å². The Morgan fingerprint density at radius 1 is 1.28 bits per heavy atom. The molecule has 4 aliphatic heterocycles. The lowest BCUT2D eigenvalue weighted by atomic mass is 9.79. The van der Waals surface area contributed by atoms with Crippen molar-refractivity contribution < 1.29 is 4.84 Å². The minimum absolute atomic E-state index is 0.244. The van der Waals surface area contributed by atoms with Crippen molar-refractivity contribution in [2.75, 3.05) is 26.2 Å². The molecule has 1 atom stereocenters. The van der Waals surface area contributed by atoms with E-state index in [1.807, 2.05) is 11.3 Å². The van der Waals surface area contributed by atoms with E-state index in [0.29, 0.717) is 11.8 Å². The van der Waals surface area contributed by atoms with Gasteiger partial charge in [0, 0.05) is 17.2 Å². The molecule has 1 aromatic carbocycles. The Bertz CT molecular complexity index is 788. The standard InChI is InChI=1S/C20H25N3OS/c1-14(2)12-23-19(18-11-15-5-3-4-6-17(15)25-18)21-24-20(23)13-22-9-7-16(20)8-10-22/h3-6,11,14,16H,7-10,12-13H2,1-2H3/t20-/m1/s1. The first kappa shape index (κ1) is 15.6. The Morgan fingerprint density at radius 3 is 2.76 bits per heavy atom. The van der Waals surface area contributed by atoms with E-state index in [4.69, 9.17) is 4.84 Å². The van der Waals surface area contributed by atoms with Crippen molar-refractivity contribution in [3.05, 3.63) is 35.2 Å². The monoisotopic (exact) mass is 355 g/mol. The summed E-state index contributed by atoms with van der Waals surface area (Å²) in [6, 6.07) is 10.9. The summed E-state index contributed by atoms with van der Waals surface area (Å²) >= 11 is 1.83. The van der Waals surface area contributed by atoms with E-state index in [2.05, 4.69) is 59.1 Å². The normalized spacial score (nSPS) is 31.2. The molecule has 0 aliphatic carbocycles. The Labute approximate surface area is 153 Å². The van der Waals surface area contributed by atoms with Gasteiger partial charge in [-0.3, -0.25) is 4.90 Å². The number of thiophene rings is 1. The predicted molar refractivity (Wildman–Crippen MR) is 103 cm³/mol. The van der Waals surface area contributed by atoms with Gasteiger partial charge in [0.05, 0.1) is 11.4 Å². The maximum Gasteiger partial charge on any atom is 0.227 e. The van der Waals surface area contributed by atoms with Crippen LogP contribution in [0.1, 0.15) is 31.6 Å². The van der Waals surface area contributed by atoms with E-state index in [0.717, 1.165) is 18.9 Å². The van der Waals surface area contributed by atoms with Gasteiger partial charge in [0.1, 0.15) is 0 Å². The van der Waals surface area contributed by atoms with Gasteiger partial charge in [0.2, 0.25) is 5.72 Å². The third kappa shape index (κ3) is 2.40. The molecule has 0 saturated carbocycles. The summed E-state index contributed by atoms with van der Waals surface area (Å²) < 4.78 is 1.32. The lowest BCUT2D eigenvalue weighted by molar-refractivity contribution is -0.198. The van der Waals surface area contributed by atoms with E-state index in [9.17, 15) is 0 Å². The second-order valence-electron chi connectivity index (χ2n) is 8.05. The summed E-state index contributed by atoms with van der Waals surface area (Å²) in [4.78, 5) is 12.6. The van der Waals surface area contributed by atoms with Crippen LogP contribution in [0.5, 0.6) is 0 Å². The maximum absolute atomic E-state index is 6.27. The van der Waals surface area contributed by atoms with Crippen LogP contribution in [0.15, 0.2) is 35.5 Å². The zero-order chi connectivity index (χ0) is 17.0. The molecule has 132 valence electrons. The summed E-state index contributed by atoms with van der Waals surface area (Å²) in [7, 11) is 0. The number of hydrogen-bond donors (Lipinski definition) is 0. The van der Waals surface area contributed by atoms with E-state index >= 15 is 0 Å². The molecular formula is C20H25N3OS. The molecule has 2 bridgehead atoms. The van der Waals surface area contributed by atoms with Gasteiger partial charge in [-0.1, -0.05) is 37.2 Å². The van der Waals surface area contributed by atoms with Crippen molar-refractivity contribution in [2.45, 2.75) is 32.4 Å². The van der Waals surface area contributed by atoms with Crippen LogP contribution in [0, 0.1) is 11.8 Å². The minimum Gasteiger partial charge on any atom is -0.363 e. The molecular weight excluding hydrogens is 330 g/mol. The molecule has 2 aromatic rings. The number of hydrogen-bond acceptors (Lipinski definition) is 5. The molecule has 5 heterocycles. The summed E-state index contributed by atoms with van der Waals surface area (Å²) in [5.74, 6) is 2.21. The highest BCUT2D eigenvalue weighted by Gasteiger charge is 2.57. The fraction of sp³-hybridized carbons (Fsp3) is 0.550. The van der Waals surface area contributed by atoms with Gasteiger partial charge in [-0.05, 0) is 49.4 Å². The van der Waals surface area contributed by atoms with Crippen LogP contribution in [-0.4, -0.2) is 47.5 Å². The van der Waals surface area contributed by atoms with Crippen LogP contribution >= 0.6 is 11.3 Å². The zero-order valence-electron chi connectivity index (χ0n) is 14.9. The van der Waals surface area contributed by atoms with Crippen LogP contribution < -0.4 is 0 Å². The topological polar surface area (TPSA) is 28.1 Å². The highest BCUT2D eigenvalue weighted by Crippen LogP contribution is 2.45. The lowest BCUT2D eigenvalue weighted by Gasteiger charge is -2.53. The quantitative estimate of drug-likeness (QED) is 0.834. The molecule has 4 nitrogen and oxygen atoms in total. The van der Waals surface area contributed by atoms with Crippen LogP contribution in [0.4, 0.5) is 0 Å². The molecule has 1 spiro atoms. The van der Waals surface area contributed by atoms with Gasteiger partial charge >= 0.3 is 0 Å². The van der Waals surface area contributed by atoms with Crippen molar-refractivity contribution in [1.82, 2.24) is 9.80 Å². The number of oxime groups is 1. The van der Waals surface area contributed by atoms with Crippen LogP contribution in [-0.2, 0) is 4.84 Å². The molecule has 25 heavy (non-hydrogen) atoms. The molecule has 3 fully saturated rings. The molecule has 6 rings (SSSR count). The number of rotatable bonds is 3. The summed E-state index contributed by atoms with van der Waals surface area (Å²) in [5, 5.41) is 5.95. The van der Waals surface area contributed by atoms with E-state index in [1.54, 1.807) is 0 Å². The first-order chi connectivity index (χ1) is 12.2. The van der Waals surface area contributed by atoms with E-state index in [-0.39, 0.29) is 5.72 Å². The second kappa shape index (κ2) is 5.71. The van der Waals surface area contributed by atoms with Crippen LogP contribution in [0.2, 0.25) is 0 Å². The molecule has 0 amide bonds. The third-order valence-corrected chi connectivity index (χ3v) is 6.98. The number of benzene rings is 1. The number of nitrogens with zero attached hydrogens (tertiary/aromatic N) is 3. The molecule has 0 unspecified atom stereocenters. The Balaban J connectivity index is 1.55. The fourth-order valence-electron chi connectivity index (χ4n) is 4.68. The SMILES string of the molecule is CC(C)CN1C(c2cc3ccccc3s2)=NO[C@@]12CN1CCC2CC1. The molecule has 0 radical (unpaired) electrons. The minimum atomic E-state index is -0.244. The second-order valence-corrected chi connectivity index (χ2v) is 9.14. The van der Waals surface area contributed by atoms with Crippen molar-refractivity contribution in [3.63, 3.8) is 0 Å². The fourth-order valence-corrected chi connectivity index (χ4v) is 5.73. The van der Waals surface area contributed by atoms with Gasteiger partial charge in [-0.2, -0.15) is 0 Å². The predicted octanol–water partition coefficient (Wildman–Crippen LogP) is 3.97. The van der Waals surface area contributed by atoms with Gasteiger partial charge in [0.15, 0.2) is 5.84 Å². The third-order valence-electron chi connectivity index (χ3n) is 5.87. The highest BCUT2D eigenvalue weighted by atomic mass is 32.1. The Hall–Kier alpha value is -1.59. The Morgan fingerprint density at radius 2 is 2.08 bits per heavy atom. The van der Waals surface area contributed by atoms with Crippen molar-refractivity contribution >= 4 is 27.3 Å². The number of piperidine rings is 3. The number of fused-ring (bicyclic) bond motifs is 3. The zero-order valence-corrected chi connectivity index (χ0v) is 15.8. The first-order valence-electron chi connectivity index (χ1n) is 9.41. The maximum atomic E-state index is 6.27. The number of amidine groups is 1. The molecule has 1 aromatic heterocycles.